The molecule has 4 rings (SSSR count). The predicted octanol–water partition coefficient (Wildman–Crippen LogP) is -7.36. The molecule has 50 heavy (non-hydrogen) atoms. The zero-order chi connectivity index (χ0) is 37.2. The SMILES string of the molecule is CC(=O)NC1C(C)OC(CO[C@@H]2OC(CO)[C@@H](O[C@@H]3OC(CO)[C@H](O)[C@H](O)C3O)[C@H](O[C@@H]3OC(C)[C@@H](O)[C@H](O)C3O)C2NC(C)=O)[C@H](O)[C@@H]1O. The third kappa shape index (κ3) is 8.89. The minimum atomic E-state index is -1.92. The first-order chi connectivity index (χ1) is 23.5. The zero-order valence-electron chi connectivity index (χ0n) is 27.8. The van der Waals surface area contributed by atoms with Crippen LogP contribution >= 0.6 is 0 Å². The van der Waals surface area contributed by atoms with E-state index in [9.17, 15) is 60.7 Å². The summed E-state index contributed by atoms with van der Waals surface area (Å²) in [5.74, 6) is -1.15. The van der Waals surface area contributed by atoms with Crippen molar-refractivity contribution in [2.45, 2.75) is 150 Å². The summed E-state index contributed by atoms with van der Waals surface area (Å²) in [6.07, 6.45) is -27.9. The fraction of sp³-hybridized carbons (Fsp3) is 0.931. The normalized spacial score (nSPS) is 48.5. The second kappa shape index (κ2) is 17.4. The lowest BCUT2D eigenvalue weighted by Crippen LogP contribution is -2.70. The molecule has 21 heteroatoms. The molecule has 0 aromatic carbocycles. The molecule has 0 saturated carbocycles. The monoisotopic (exact) mass is 730 g/mol. The lowest BCUT2D eigenvalue weighted by atomic mass is 9.93. The van der Waals surface area contributed by atoms with Gasteiger partial charge < -0.3 is 94.9 Å². The molecule has 12 N–H and O–H groups in total. The average molecular weight is 731 g/mol. The maximum atomic E-state index is 12.5. The summed E-state index contributed by atoms with van der Waals surface area (Å²) in [6, 6.07) is -2.40. The van der Waals surface area contributed by atoms with Crippen LogP contribution in [0.25, 0.3) is 0 Å². The highest BCUT2D eigenvalue weighted by molar-refractivity contribution is 5.73. The number of amides is 2. The summed E-state index contributed by atoms with van der Waals surface area (Å²) in [6.45, 7) is 3.15. The molecule has 4 heterocycles. The van der Waals surface area contributed by atoms with Crippen LogP contribution in [0.2, 0.25) is 0 Å². The van der Waals surface area contributed by atoms with Gasteiger partial charge in [0.25, 0.3) is 0 Å². The number of carbonyl (C=O) groups excluding carboxylic acids is 2. The fourth-order valence-electron chi connectivity index (χ4n) is 6.44. The van der Waals surface area contributed by atoms with Crippen LogP contribution in [-0.2, 0) is 42.7 Å². The van der Waals surface area contributed by atoms with Gasteiger partial charge in [-0.15, -0.1) is 0 Å². The topological polar surface area (TPSA) is 325 Å². The van der Waals surface area contributed by atoms with Crippen LogP contribution in [0.4, 0.5) is 0 Å². The molecule has 0 radical (unpaired) electrons. The first-order valence-electron chi connectivity index (χ1n) is 16.2. The van der Waals surface area contributed by atoms with E-state index < -0.39 is 154 Å². The van der Waals surface area contributed by atoms with E-state index in [-0.39, 0.29) is 0 Å². The number of hydrogen-bond acceptors (Lipinski definition) is 19. The van der Waals surface area contributed by atoms with Crippen LogP contribution in [0, 0.1) is 0 Å². The molecule has 0 aromatic rings. The van der Waals surface area contributed by atoms with E-state index in [1.165, 1.54) is 13.8 Å². The number of rotatable bonds is 11. The predicted molar refractivity (Wildman–Crippen MR) is 159 cm³/mol. The minimum absolute atomic E-state index is 0.467. The molecule has 0 spiro atoms. The molecule has 20 atom stereocenters. The Bertz CT molecular complexity index is 1120. The Labute approximate surface area is 286 Å². The van der Waals surface area contributed by atoms with Gasteiger partial charge in [-0.05, 0) is 13.8 Å². The van der Waals surface area contributed by atoms with E-state index in [0.29, 0.717) is 0 Å². The quantitative estimate of drug-likeness (QED) is 0.0939. The Hall–Kier alpha value is -1.74. The number of hydrogen-bond donors (Lipinski definition) is 12. The number of nitrogens with one attached hydrogen (secondary N) is 2. The molecule has 4 aliphatic heterocycles. The molecular weight excluding hydrogens is 680 g/mol. The molecule has 0 aromatic heterocycles. The van der Waals surface area contributed by atoms with Crippen molar-refractivity contribution in [3.05, 3.63) is 0 Å². The van der Waals surface area contributed by atoms with Crippen molar-refractivity contribution in [2.75, 3.05) is 19.8 Å². The van der Waals surface area contributed by atoms with Gasteiger partial charge in [-0.25, -0.2) is 0 Å². The van der Waals surface area contributed by atoms with Crippen molar-refractivity contribution < 1.29 is 93.8 Å². The number of carbonyl (C=O) groups is 2. The van der Waals surface area contributed by atoms with Gasteiger partial charge in [0.1, 0.15) is 85.4 Å². The number of aliphatic hydroxyl groups is 10. The van der Waals surface area contributed by atoms with Gasteiger partial charge in [0.2, 0.25) is 11.8 Å². The number of aliphatic hydroxyl groups excluding tert-OH is 10. The van der Waals surface area contributed by atoms with Crippen LogP contribution in [-0.4, -0.2) is 205 Å². The molecule has 4 aliphatic rings. The van der Waals surface area contributed by atoms with Gasteiger partial charge in [-0.3, -0.25) is 9.59 Å². The third-order valence-corrected chi connectivity index (χ3v) is 9.22. The van der Waals surface area contributed by atoms with Gasteiger partial charge in [0, 0.05) is 13.8 Å². The standard InChI is InChI=1S/C29H50N2O19/c1-8-15(30-10(3)34)20(39)19(38)14(45-8)7-44-27-16(31-11(4)35)26(50-28-23(42)21(40)17(36)9(2)46-28)25(13(6-33)48-27)49-29-24(43)22(41)18(37)12(5-32)47-29/h8-9,12-29,32-33,36-43H,5-7H2,1-4H3,(H,30,34)(H,31,35)/t8?,9?,12?,13?,14?,15?,16?,17-,18+,19+,20-,21+,22+,23?,24?,25-,26-,27-,28+,29+/m1/s1. The van der Waals surface area contributed by atoms with E-state index >= 15 is 0 Å². The van der Waals surface area contributed by atoms with Gasteiger partial charge in [-0.2, -0.15) is 0 Å². The molecule has 290 valence electrons. The van der Waals surface area contributed by atoms with E-state index in [2.05, 4.69) is 10.6 Å². The molecule has 0 bridgehead atoms. The molecule has 0 aliphatic carbocycles. The van der Waals surface area contributed by atoms with E-state index in [1.807, 2.05) is 0 Å². The molecular formula is C29H50N2O19. The fourth-order valence-corrected chi connectivity index (χ4v) is 6.44. The van der Waals surface area contributed by atoms with E-state index in [4.69, 9.17) is 33.2 Å². The average Bonchev–Trinajstić information content (AvgIpc) is 3.06. The van der Waals surface area contributed by atoms with E-state index in [0.717, 1.165) is 6.92 Å². The smallest absolute Gasteiger partial charge is 0.217 e. The number of ether oxygens (including phenoxy) is 7. The van der Waals surface area contributed by atoms with Gasteiger partial charge in [-0.1, -0.05) is 0 Å². The Kier molecular flexibility index (Phi) is 14.3. The first-order valence-corrected chi connectivity index (χ1v) is 16.2. The van der Waals surface area contributed by atoms with Crippen LogP contribution in [0.1, 0.15) is 27.7 Å². The Morgan fingerprint density at radius 3 is 1.62 bits per heavy atom. The summed E-state index contributed by atoms with van der Waals surface area (Å²) in [5, 5.41) is 109. The van der Waals surface area contributed by atoms with E-state index in [1.54, 1.807) is 6.92 Å². The Morgan fingerprint density at radius 1 is 0.540 bits per heavy atom. The van der Waals surface area contributed by atoms with Crippen molar-refractivity contribution in [2.24, 2.45) is 0 Å². The maximum Gasteiger partial charge on any atom is 0.217 e. The Morgan fingerprint density at radius 2 is 1.04 bits per heavy atom. The summed E-state index contributed by atoms with van der Waals surface area (Å²) in [4.78, 5) is 24.1. The van der Waals surface area contributed by atoms with Crippen LogP contribution in [0.5, 0.6) is 0 Å². The van der Waals surface area contributed by atoms with Crippen molar-refractivity contribution in [1.82, 2.24) is 10.6 Å². The van der Waals surface area contributed by atoms with Crippen molar-refractivity contribution in [3.63, 3.8) is 0 Å². The summed E-state index contributed by atoms with van der Waals surface area (Å²) >= 11 is 0. The molecule has 9 unspecified atom stereocenters. The molecule has 4 fully saturated rings. The largest absolute Gasteiger partial charge is 0.394 e. The molecule has 21 nitrogen and oxygen atoms in total. The van der Waals surface area contributed by atoms with Gasteiger partial charge in [0.15, 0.2) is 18.9 Å². The molecule has 4 saturated heterocycles. The van der Waals surface area contributed by atoms with Gasteiger partial charge >= 0.3 is 0 Å². The summed E-state index contributed by atoms with van der Waals surface area (Å²) in [7, 11) is 0. The van der Waals surface area contributed by atoms with Crippen molar-refractivity contribution in [3.8, 4) is 0 Å². The first kappa shape index (κ1) is 41.0. The highest BCUT2D eigenvalue weighted by Crippen LogP contribution is 2.34. The zero-order valence-corrected chi connectivity index (χ0v) is 27.8. The lowest BCUT2D eigenvalue weighted by molar-refractivity contribution is -0.374. The third-order valence-electron chi connectivity index (χ3n) is 9.22. The highest BCUT2D eigenvalue weighted by atomic mass is 16.8. The summed E-state index contributed by atoms with van der Waals surface area (Å²) in [5.41, 5.74) is 0. The van der Waals surface area contributed by atoms with Crippen LogP contribution in [0.3, 0.4) is 0 Å². The van der Waals surface area contributed by atoms with Crippen molar-refractivity contribution in [1.29, 1.82) is 0 Å². The lowest BCUT2D eigenvalue weighted by Gasteiger charge is -2.50. The Balaban J connectivity index is 1.65. The molecule has 2 amide bonds. The maximum absolute atomic E-state index is 12.5. The highest BCUT2D eigenvalue weighted by Gasteiger charge is 2.55. The van der Waals surface area contributed by atoms with Gasteiger partial charge in [0.05, 0.1) is 38.1 Å². The van der Waals surface area contributed by atoms with Crippen molar-refractivity contribution >= 4 is 11.8 Å². The summed E-state index contributed by atoms with van der Waals surface area (Å²) < 4.78 is 40.8. The second-order valence-electron chi connectivity index (χ2n) is 13.0. The minimum Gasteiger partial charge on any atom is -0.394 e. The van der Waals surface area contributed by atoms with Crippen LogP contribution < -0.4 is 10.6 Å². The second-order valence-corrected chi connectivity index (χ2v) is 13.0. The van der Waals surface area contributed by atoms with Crippen LogP contribution in [0.15, 0.2) is 0 Å².